The van der Waals surface area contributed by atoms with Gasteiger partial charge in [-0.2, -0.15) is 13.2 Å². The third-order valence-electron chi connectivity index (χ3n) is 5.75. The van der Waals surface area contributed by atoms with Crippen LogP contribution in [-0.4, -0.2) is 24.8 Å². The van der Waals surface area contributed by atoms with Crippen molar-refractivity contribution in [3.8, 4) is 5.75 Å². The number of aryl methyl sites for hydroxylation is 1. The number of anilines is 1. The minimum atomic E-state index is -4.85. The maximum atomic E-state index is 13.9. The van der Waals surface area contributed by atoms with Crippen molar-refractivity contribution in [1.29, 1.82) is 0 Å². The van der Waals surface area contributed by atoms with Gasteiger partial charge in [0.15, 0.2) is 12.4 Å². The summed E-state index contributed by atoms with van der Waals surface area (Å²) in [6, 6.07) is 15.1. The average molecular weight is 623 g/mol. The molecular formula is C29H23ClF4N2O3S2. The second-order valence-electron chi connectivity index (χ2n) is 8.84. The van der Waals surface area contributed by atoms with Gasteiger partial charge in [0, 0.05) is 32.6 Å². The number of hydrogen-bond acceptors (Lipinski definition) is 6. The van der Waals surface area contributed by atoms with Crippen LogP contribution in [-0.2, 0) is 17.4 Å². The number of rotatable bonds is 11. The lowest BCUT2D eigenvalue weighted by Gasteiger charge is -2.14. The zero-order chi connectivity index (χ0) is 29.6. The molecule has 0 bridgehead atoms. The van der Waals surface area contributed by atoms with Crippen molar-refractivity contribution in [2.24, 2.45) is 0 Å². The molecule has 0 aliphatic carbocycles. The van der Waals surface area contributed by atoms with Crippen molar-refractivity contribution < 1.29 is 31.9 Å². The second-order valence-corrected chi connectivity index (χ2v) is 11.3. The highest BCUT2D eigenvalue weighted by atomic mass is 35.5. The lowest BCUT2D eigenvalue weighted by molar-refractivity contribution is -0.137. The number of ketones is 1. The van der Waals surface area contributed by atoms with Crippen LogP contribution in [0.5, 0.6) is 5.75 Å². The summed E-state index contributed by atoms with van der Waals surface area (Å²) >= 11 is 9.20. The quantitative estimate of drug-likeness (QED) is 0.0769. The normalized spacial score (nSPS) is 11.4. The number of alkyl halides is 3. The third kappa shape index (κ3) is 8.56. The van der Waals surface area contributed by atoms with Gasteiger partial charge in [0.2, 0.25) is 0 Å². The summed E-state index contributed by atoms with van der Waals surface area (Å²) in [6.45, 7) is 2.15. The molecule has 0 saturated heterocycles. The van der Waals surface area contributed by atoms with Crippen LogP contribution < -0.4 is 14.8 Å². The Labute approximate surface area is 247 Å². The Morgan fingerprint density at radius 3 is 2.56 bits per heavy atom. The molecule has 1 heterocycles. The molecular weight excluding hydrogens is 600 g/mol. The van der Waals surface area contributed by atoms with Crippen LogP contribution >= 0.6 is 34.9 Å². The Balaban J connectivity index is 1.38. The summed E-state index contributed by atoms with van der Waals surface area (Å²) < 4.78 is 62.2. The Morgan fingerprint density at radius 1 is 1.05 bits per heavy atom. The predicted molar refractivity (Wildman–Crippen MR) is 153 cm³/mol. The Hall–Kier alpha value is -3.38. The molecule has 41 heavy (non-hydrogen) atoms. The third-order valence-corrected chi connectivity index (χ3v) is 7.76. The minimum Gasteiger partial charge on any atom is -0.483 e. The highest BCUT2D eigenvalue weighted by Crippen LogP contribution is 2.32. The number of amides is 1. The minimum absolute atomic E-state index is 0.0931. The van der Waals surface area contributed by atoms with Crippen LogP contribution in [0.2, 0.25) is 5.02 Å². The molecule has 0 unspecified atom stereocenters. The molecule has 12 heteroatoms. The van der Waals surface area contributed by atoms with Gasteiger partial charge in [-0.1, -0.05) is 17.7 Å². The highest BCUT2D eigenvalue weighted by molar-refractivity contribution is 7.97. The molecule has 2 N–H and O–H groups in total. The summed E-state index contributed by atoms with van der Waals surface area (Å²) in [7, 11) is 0. The van der Waals surface area contributed by atoms with Crippen LogP contribution in [0.4, 0.5) is 23.2 Å². The molecule has 0 radical (unpaired) electrons. The number of ether oxygens (including phenoxy) is 1. The van der Waals surface area contributed by atoms with E-state index in [9.17, 15) is 27.2 Å². The van der Waals surface area contributed by atoms with Crippen molar-refractivity contribution in [2.45, 2.75) is 24.4 Å². The fourth-order valence-electron chi connectivity index (χ4n) is 3.78. The zero-order valence-electron chi connectivity index (χ0n) is 21.5. The molecule has 4 rings (SSSR count). The van der Waals surface area contributed by atoms with Crippen molar-refractivity contribution in [1.82, 2.24) is 4.72 Å². The molecule has 0 spiro atoms. The highest BCUT2D eigenvalue weighted by Gasteiger charge is 2.32. The molecule has 1 aromatic heterocycles. The number of carbonyl (C=O) groups excluding carboxylic acids is 2. The summed E-state index contributed by atoms with van der Waals surface area (Å²) in [4.78, 5) is 27.9. The monoisotopic (exact) mass is 622 g/mol. The molecule has 0 fully saturated rings. The van der Waals surface area contributed by atoms with Crippen LogP contribution in [0.15, 0.2) is 77.0 Å². The Morgan fingerprint density at radius 2 is 1.85 bits per heavy atom. The van der Waals surface area contributed by atoms with Gasteiger partial charge in [-0.25, -0.2) is 4.39 Å². The van der Waals surface area contributed by atoms with E-state index in [0.717, 1.165) is 23.4 Å². The zero-order valence-corrected chi connectivity index (χ0v) is 23.9. The predicted octanol–water partition coefficient (Wildman–Crippen LogP) is 7.96. The SMILES string of the molecule is Cc1cc(SNCCc2cccs2)ccc1NC(=O)COc1ccc(Cl)cc1C(=O)c1cc(F)cc(C(F)(F)F)c1. The number of benzene rings is 3. The molecule has 3 aromatic carbocycles. The molecule has 5 nitrogen and oxygen atoms in total. The Kier molecular flexibility index (Phi) is 10.1. The summed E-state index contributed by atoms with van der Waals surface area (Å²) in [5.41, 5.74) is -0.680. The van der Waals surface area contributed by atoms with Crippen molar-refractivity contribution in [3.05, 3.63) is 110 Å². The van der Waals surface area contributed by atoms with Crippen molar-refractivity contribution in [2.75, 3.05) is 18.5 Å². The van der Waals surface area contributed by atoms with Gasteiger partial charge in [-0.3, -0.25) is 14.3 Å². The first-order valence-corrected chi connectivity index (χ1v) is 14.2. The standard InChI is InChI=1S/C29H23ClF4N2O3S2/c1-17-11-23(41-35-9-8-22-3-2-10-40-22)5-6-25(17)36-27(37)16-39-26-7-4-20(30)15-24(26)28(38)18-12-19(29(32,33)34)14-21(31)13-18/h2-7,10-15,35H,8-9,16H2,1H3,(H,36,37). The molecule has 0 aliphatic heterocycles. The maximum Gasteiger partial charge on any atom is 0.416 e. The van der Waals surface area contributed by atoms with E-state index in [4.69, 9.17) is 16.3 Å². The van der Waals surface area contributed by atoms with Gasteiger partial charge in [-0.05, 0) is 96.9 Å². The molecule has 0 aliphatic rings. The fraction of sp³-hybridized carbons (Fsp3) is 0.172. The molecule has 0 saturated carbocycles. The van der Waals surface area contributed by atoms with Gasteiger partial charge < -0.3 is 10.1 Å². The lowest BCUT2D eigenvalue weighted by Crippen LogP contribution is -2.21. The van der Waals surface area contributed by atoms with Gasteiger partial charge in [0.1, 0.15) is 11.6 Å². The first-order chi connectivity index (χ1) is 19.5. The van der Waals surface area contributed by atoms with Gasteiger partial charge in [0.25, 0.3) is 5.91 Å². The van der Waals surface area contributed by atoms with E-state index < -0.39 is 41.4 Å². The molecule has 0 atom stereocenters. The van der Waals surface area contributed by atoms with E-state index >= 15 is 0 Å². The smallest absolute Gasteiger partial charge is 0.416 e. The average Bonchev–Trinajstić information content (AvgIpc) is 3.44. The largest absolute Gasteiger partial charge is 0.483 e. The summed E-state index contributed by atoms with van der Waals surface area (Å²) in [6.07, 6.45) is -3.92. The first kappa shape index (κ1) is 30.6. The van der Waals surface area contributed by atoms with E-state index in [2.05, 4.69) is 16.1 Å². The summed E-state index contributed by atoms with van der Waals surface area (Å²) in [5, 5.41) is 4.89. The molecule has 214 valence electrons. The second kappa shape index (κ2) is 13.5. The summed E-state index contributed by atoms with van der Waals surface area (Å²) in [5.74, 6) is -2.78. The number of nitrogens with one attached hydrogen (secondary N) is 2. The van der Waals surface area contributed by atoms with E-state index in [0.29, 0.717) is 23.9 Å². The Bertz CT molecular complexity index is 1550. The van der Waals surface area contributed by atoms with E-state index in [-0.39, 0.29) is 16.3 Å². The van der Waals surface area contributed by atoms with Gasteiger partial charge in [-0.15, -0.1) is 11.3 Å². The first-order valence-electron chi connectivity index (χ1n) is 12.2. The van der Waals surface area contributed by atoms with Crippen molar-refractivity contribution >= 4 is 52.3 Å². The van der Waals surface area contributed by atoms with Crippen LogP contribution in [0.3, 0.4) is 0 Å². The fourth-order valence-corrected chi connectivity index (χ4v) is 5.40. The van der Waals surface area contributed by atoms with E-state index in [1.807, 2.05) is 30.5 Å². The number of carbonyl (C=O) groups is 2. The molecule has 1 amide bonds. The maximum absolute atomic E-state index is 13.9. The van der Waals surface area contributed by atoms with Gasteiger partial charge in [0.05, 0.1) is 11.1 Å². The number of halogens is 5. The van der Waals surface area contributed by atoms with Gasteiger partial charge >= 0.3 is 6.18 Å². The van der Waals surface area contributed by atoms with Crippen LogP contribution in [0.25, 0.3) is 0 Å². The topological polar surface area (TPSA) is 67.4 Å². The molecule has 4 aromatic rings. The number of hydrogen-bond donors (Lipinski definition) is 2. The number of thiophene rings is 1. The van der Waals surface area contributed by atoms with Crippen molar-refractivity contribution in [3.63, 3.8) is 0 Å². The van der Waals surface area contributed by atoms with E-state index in [1.165, 1.54) is 35.0 Å². The van der Waals surface area contributed by atoms with E-state index in [1.54, 1.807) is 17.4 Å². The lowest BCUT2D eigenvalue weighted by atomic mass is 10.00. The van der Waals surface area contributed by atoms with Crippen LogP contribution in [0, 0.1) is 12.7 Å². The van der Waals surface area contributed by atoms with Crippen LogP contribution in [0.1, 0.15) is 31.9 Å².